The highest BCUT2D eigenvalue weighted by Gasteiger charge is 1.94. The highest BCUT2D eigenvalue weighted by atomic mass is 14.6. The zero-order valence-electron chi connectivity index (χ0n) is 6.22. The van der Waals surface area contributed by atoms with Crippen LogP contribution in [0.1, 0.15) is 18.1 Å². The van der Waals surface area contributed by atoms with Gasteiger partial charge in [0.25, 0.3) is 0 Å². The molecule has 0 aliphatic heterocycles. The second-order valence-electron chi connectivity index (χ2n) is 2.39. The van der Waals surface area contributed by atoms with Gasteiger partial charge in [-0.3, -0.25) is 0 Å². The molecule has 1 radical (unpaired) electrons. The molecule has 2 N–H and O–H groups in total. The van der Waals surface area contributed by atoms with Crippen LogP contribution in [0.15, 0.2) is 18.2 Å². The molecule has 53 valence electrons. The zero-order valence-corrected chi connectivity index (χ0v) is 6.22. The van der Waals surface area contributed by atoms with Gasteiger partial charge in [0.1, 0.15) is 0 Å². The van der Waals surface area contributed by atoms with Crippen molar-refractivity contribution in [2.45, 2.75) is 13.3 Å². The summed E-state index contributed by atoms with van der Waals surface area (Å²) in [6, 6.07) is 5.91. The highest BCUT2D eigenvalue weighted by molar-refractivity contribution is 5.49. The van der Waals surface area contributed by atoms with Crippen LogP contribution in [0.3, 0.4) is 0 Å². The van der Waals surface area contributed by atoms with E-state index in [-0.39, 0.29) is 0 Å². The number of hydrogen-bond acceptors (Lipinski definition) is 1. The maximum absolute atomic E-state index is 5.69. The Morgan fingerprint density at radius 1 is 1.50 bits per heavy atom. The standard InChI is InChI=1S/C9H12N/c1-3-8-5-4-7(2)6-9(8)10/h4-6H,2-3,10H2,1H3. The second kappa shape index (κ2) is 2.74. The predicted octanol–water partition coefficient (Wildman–Crippen LogP) is 2.01. The van der Waals surface area contributed by atoms with Crippen LogP contribution in [0.25, 0.3) is 0 Å². The molecule has 1 aromatic rings. The van der Waals surface area contributed by atoms with E-state index in [1.54, 1.807) is 0 Å². The Balaban J connectivity index is 3.07. The third-order valence-corrected chi connectivity index (χ3v) is 1.59. The van der Waals surface area contributed by atoms with E-state index in [4.69, 9.17) is 5.73 Å². The fourth-order valence-corrected chi connectivity index (χ4v) is 0.966. The summed E-state index contributed by atoms with van der Waals surface area (Å²) in [6.45, 7) is 5.87. The lowest BCUT2D eigenvalue weighted by Crippen LogP contribution is -1.92. The van der Waals surface area contributed by atoms with Crippen LogP contribution < -0.4 is 5.73 Å². The van der Waals surface area contributed by atoms with Gasteiger partial charge in [0.15, 0.2) is 0 Å². The molecule has 0 fully saturated rings. The van der Waals surface area contributed by atoms with Gasteiger partial charge in [0.2, 0.25) is 0 Å². The van der Waals surface area contributed by atoms with E-state index in [1.807, 2.05) is 18.2 Å². The molecule has 0 spiro atoms. The van der Waals surface area contributed by atoms with Crippen molar-refractivity contribution in [3.05, 3.63) is 36.2 Å². The minimum atomic E-state index is 0.856. The fourth-order valence-electron chi connectivity index (χ4n) is 0.966. The molecular weight excluding hydrogens is 122 g/mol. The first-order valence-electron chi connectivity index (χ1n) is 3.44. The molecule has 0 heterocycles. The van der Waals surface area contributed by atoms with Gasteiger partial charge in [-0.25, -0.2) is 0 Å². The molecule has 0 aliphatic rings. The molecule has 0 saturated carbocycles. The van der Waals surface area contributed by atoms with E-state index in [0.717, 1.165) is 17.7 Å². The molecule has 0 unspecified atom stereocenters. The van der Waals surface area contributed by atoms with Gasteiger partial charge in [0.05, 0.1) is 0 Å². The van der Waals surface area contributed by atoms with Gasteiger partial charge in [0, 0.05) is 5.69 Å². The Bertz CT molecular complexity index is 228. The van der Waals surface area contributed by atoms with E-state index in [0.29, 0.717) is 0 Å². The van der Waals surface area contributed by atoms with Gasteiger partial charge in [-0.15, -0.1) is 0 Å². The number of anilines is 1. The molecule has 0 bridgehead atoms. The molecule has 1 rings (SSSR count). The summed E-state index contributed by atoms with van der Waals surface area (Å²) >= 11 is 0. The van der Waals surface area contributed by atoms with Gasteiger partial charge in [-0.1, -0.05) is 19.1 Å². The summed E-state index contributed by atoms with van der Waals surface area (Å²) in [5, 5.41) is 0. The topological polar surface area (TPSA) is 26.0 Å². The van der Waals surface area contributed by atoms with E-state index in [1.165, 1.54) is 5.56 Å². The van der Waals surface area contributed by atoms with Gasteiger partial charge < -0.3 is 5.73 Å². The Labute approximate surface area is 61.9 Å². The number of hydrogen-bond donors (Lipinski definition) is 1. The minimum Gasteiger partial charge on any atom is -0.398 e. The van der Waals surface area contributed by atoms with Crippen LogP contribution >= 0.6 is 0 Å². The molecule has 0 aromatic heterocycles. The number of nitrogen functional groups attached to an aromatic ring is 1. The summed E-state index contributed by atoms with van der Waals surface area (Å²) in [6.07, 6.45) is 0.992. The van der Waals surface area contributed by atoms with Crippen molar-refractivity contribution >= 4 is 5.69 Å². The molecule has 0 atom stereocenters. The summed E-state index contributed by atoms with van der Waals surface area (Å²) in [7, 11) is 0. The van der Waals surface area contributed by atoms with E-state index in [2.05, 4.69) is 13.8 Å². The summed E-state index contributed by atoms with van der Waals surface area (Å²) in [5.41, 5.74) is 8.73. The van der Waals surface area contributed by atoms with Crippen molar-refractivity contribution in [2.75, 3.05) is 5.73 Å². The van der Waals surface area contributed by atoms with E-state index in [9.17, 15) is 0 Å². The van der Waals surface area contributed by atoms with Crippen LogP contribution in [-0.4, -0.2) is 0 Å². The average Bonchev–Trinajstić information content (AvgIpc) is 1.88. The van der Waals surface area contributed by atoms with Crippen molar-refractivity contribution in [1.82, 2.24) is 0 Å². The largest absolute Gasteiger partial charge is 0.398 e. The van der Waals surface area contributed by atoms with Crippen LogP contribution in [0.4, 0.5) is 5.69 Å². The zero-order chi connectivity index (χ0) is 7.56. The lowest BCUT2D eigenvalue weighted by Gasteiger charge is -2.01. The first-order valence-corrected chi connectivity index (χ1v) is 3.44. The lowest BCUT2D eigenvalue weighted by atomic mass is 10.1. The highest BCUT2D eigenvalue weighted by Crippen LogP contribution is 2.13. The molecule has 1 nitrogen and oxygen atoms in total. The quantitative estimate of drug-likeness (QED) is 0.584. The molecule has 1 heteroatoms. The van der Waals surface area contributed by atoms with Crippen molar-refractivity contribution in [1.29, 1.82) is 0 Å². The number of aryl methyl sites for hydroxylation is 1. The van der Waals surface area contributed by atoms with Crippen LogP contribution in [-0.2, 0) is 6.42 Å². The van der Waals surface area contributed by atoms with Gasteiger partial charge in [-0.2, -0.15) is 0 Å². The first-order chi connectivity index (χ1) is 4.74. The minimum absolute atomic E-state index is 0.856. The van der Waals surface area contributed by atoms with E-state index >= 15 is 0 Å². The van der Waals surface area contributed by atoms with Crippen molar-refractivity contribution in [3.63, 3.8) is 0 Å². The Morgan fingerprint density at radius 3 is 2.70 bits per heavy atom. The van der Waals surface area contributed by atoms with Crippen LogP contribution in [0, 0.1) is 6.92 Å². The molecule has 1 aromatic carbocycles. The Morgan fingerprint density at radius 2 is 2.20 bits per heavy atom. The monoisotopic (exact) mass is 134 g/mol. The lowest BCUT2D eigenvalue weighted by molar-refractivity contribution is 1.14. The molecule has 0 aliphatic carbocycles. The van der Waals surface area contributed by atoms with Crippen LogP contribution in [0.2, 0.25) is 0 Å². The summed E-state index contributed by atoms with van der Waals surface area (Å²) in [4.78, 5) is 0. The second-order valence-corrected chi connectivity index (χ2v) is 2.39. The van der Waals surface area contributed by atoms with Crippen molar-refractivity contribution in [2.24, 2.45) is 0 Å². The normalized spacial score (nSPS) is 9.80. The third-order valence-electron chi connectivity index (χ3n) is 1.59. The maximum atomic E-state index is 5.69. The van der Waals surface area contributed by atoms with Crippen LogP contribution in [0.5, 0.6) is 0 Å². The van der Waals surface area contributed by atoms with Crippen molar-refractivity contribution in [3.8, 4) is 0 Å². The maximum Gasteiger partial charge on any atom is 0.0349 e. The number of nitrogens with two attached hydrogens (primary N) is 1. The molecule has 10 heavy (non-hydrogen) atoms. The Hall–Kier alpha value is -0.980. The smallest absolute Gasteiger partial charge is 0.0349 e. The summed E-state index contributed by atoms with van der Waals surface area (Å²) < 4.78 is 0. The Kier molecular flexibility index (Phi) is 1.95. The van der Waals surface area contributed by atoms with Crippen molar-refractivity contribution < 1.29 is 0 Å². The number of benzene rings is 1. The first kappa shape index (κ1) is 7.13. The molecule has 0 saturated heterocycles. The van der Waals surface area contributed by atoms with Gasteiger partial charge >= 0.3 is 0 Å². The summed E-state index contributed by atoms with van der Waals surface area (Å²) in [5.74, 6) is 0. The average molecular weight is 134 g/mol. The van der Waals surface area contributed by atoms with Gasteiger partial charge in [-0.05, 0) is 30.5 Å². The fraction of sp³-hybridized carbons (Fsp3) is 0.222. The molecular formula is C9H12N. The predicted molar refractivity (Wildman–Crippen MR) is 44.7 cm³/mol. The number of rotatable bonds is 1. The molecule has 0 amide bonds. The third kappa shape index (κ3) is 1.29. The van der Waals surface area contributed by atoms with E-state index < -0.39 is 0 Å². The SMILES string of the molecule is [CH2]c1ccc(CC)c(N)c1.